The Morgan fingerprint density at radius 1 is 1.42 bits per heavy atom. The van der Waals surface area contributed by atoms with Crippen LogP contribution in [0.1, 0.15) is 5.69 Å². The molecule has 9 heteroatoms. The van der Waals surface area contributed by atoms with E-state index in [-0.39, 0.29) is 25.9 Å². The van der Waals surface area contributed by atoms with Crippen LogP contribution in [0.5, 0.6) is 0 Å². The Morgan fingerprint density at radius 2 is 2.16 bits per heavy atom. The minimum absolute atomic E-state index is 0.00292. The zero-order valence-corrected chi connectivity index (χ0v) is 11.2. The van der Waals surface area contributed by atoms with E-state index in [2.05, 4.69) is 27.6 Å². The summed E-state index contributed by atoms with van der Waals surface area (Å²) in [5.41, 5.74) is 7.38. The van der Waals surface area contributed by atoms with Gasteiger partial charge in [-0.1, -0.05) is 0 Å². The van der Waals surface area contributed by atoms with Crippen LogP contribution in [-0.4, -0.2) is 49.0 Å². The third-order valence-corrected chi connectivity index (χ3v) is 2.85. The van der Waals surface area contributed by atoms with Crippen LogP contribution in [0, 0.1) is 6.92 Å². The summed E-state index contributed by atoms with van der Waals surface area (Å²) in [6.45, 7) is 1.53. The molecule has 0 saturated carbocycles. The van der Waals surface area contributed by atoms with Crippen LogP contribution >= 0.6 is 12.6 Å². The highest BCUT2D eigenvalue weighted by atomic mass is 32.1. The fourth-order valence-corrected chi connectivity index (χ4v) is 1.85. The Kier molecular flexibility index (Phi) is 4.20. The molecular weight excluding hydrogens is 270 g/mol. The number of nitrogens with two attached hydrogens (primary N) is 1. The van der Waals surface area contributed by atoms with Crippen molar-refractivity contribution in [3.05, 3.63) is 5.69 Å². The van der Waals surface area contributed by atoms with Crippen LogP contribution in [0.15, 0.2) is 5.16 Å². The van der Waals surface area contributed by atoms with Crippen LogP contribution in [0.4, 0.5) is 5.95 Å². The van der Waals surface area contributed by atoms with Gasteiger partial charge in [-0.25, -0.2) is 9.97 Å². The van der Waals surface area contributed by atoms with Crippen LogP contribution < -0.4 is 5.73 Å². The number of hydrogen-bond donors (Lipinski definition) is 4. The van der Waals surface area contributed by atoms with E-state index in [0.29, 0.717) is 22.0 Å². The highest BCUT2D eigenvalue weighted by Gasteiger charge is 2.13. The number of aliphatic hydroxyl groups is 2. The van der Waals surface area contributed by atoms with Crippen molar-refractivity contribution in [2.45, 2.75) is 24.9 Å². The van der Waals surface area contributed by atoms with E-state index < -0.39 is 6.10 Å². The summed E-state index contributed by atoms with van der Waals surface area (Å²) in [7, 11) is 0. The average Bonchev–Trinajstić information content (AvgIpc) is 2.67. The Bertz CT molecular complexity index is 588. The lowest BCUT2D eigenvalue weighted by atomic mass is 10.4. The number of aliphatic hydroxyl groups excluding tert-OH is 2. The first-order valence-electron chi connectivity index (χ1n) is 5.59. The third kappa shape index (κ3) is 2.95. The SMILES string of the molecule is Cc1nc(N)nc2c1nc(S)n2COCC(O)CO. The van der Waals surface area contributed by atoms with Crippen molar-refractivity contribution in [3.8, 4) is 0 Å². The van der Waals surface area contributed by atoms with Gasteiger partial charge in [-0.05, 0) is 6.92 Å². The highest BCUT2D eigenvalue weighted by Crippen LogP contribution is 2.19. The number of anilines is 1. The molecule has 0 saturated heterocycles. The topological polar surface area (TPSA) is 119 Å². The number of hydrogen-bond acceptors (Lipinski definition) is 8. The molecule has 1 unspecified atom stereocenters. The maximum Gasteiger partial charge on any atom is 0.222 e. The van der Waals surface area contributed by atoms with E-state index in [4.69, 9.17) is 15.6 Å². The molecule has 0 aliphatic heterocycles. The minimum Gasteiger partial charge on any atom is -0.394 e. The lowest BCUT2D eigenvalue weighted by Crippen LogP contribution is -2.20. The smallest absolute Gasteiger partial charge is 0.222 e. The molecule has 4 N–H and O–H groups in total. The number of nitrogens with zero attached hydrogens (tertiary/aromatic N) is 4. The van der Waals surface area contributed by atoms with Crippen LogP contribution in [0.2, 0.25) is 0 Å². The lowest BCUT2D eigenvalue weighted by Gasteiger charge is -2.10. The molecule has 0 aromatic carbocycles. The predicted molar refractivity (Wildman–Crippen MR) is 70.8 cm³/mol. The van der Waals surface area contributed by atoms with Crippen LogP contribution in [-0.2, 0) is 11.5 Å². The molecule has 1 atom stereocenters. The number of ether oxygens (including phenoxy) is 1. The second-order valence-electron chi connectivity index (χ2n) is 4.02. The third-order valence-electron chi connectivity index (χ3n) is 2.51. The van der Waals surface area contributed by atoms with Gasteiger partial charge in [0, 0.05) is 0 Å². The fraction of sp³-hybridized carbons (Fsp3) is 0.500. The number of rotatable bonds is 5. The van der Waals surface area contributed by atoms with Crippen molar-refractivity contribution in [1.29, 1.82) is 0 Å². The van der Waals surface area contributed by atoms with Gasteiger partial charge in [0.15, 0.2) is 10.8 Å². The molecule has 2 heterocycles. The predicted octanol–water partition coefficient (Wildman–Crippen LogP) is -0.667. The second kappa shape index (κ2) is 5.70. The number of thiol groups is 1. The van der Waals surface area contributed by atoms with Gasteiger partial charge >= 0.3 is 0 Å². The van der Waals surface area contributed by atoms with Gasteiger partial charge in [-0.15, -0.1) is 12.6 Å². The fourth-order valence-electron chi connectivity index (χ4n) is 1.60. The van der Waals surface area contributed by atoms with Crippen molar-refractivity contribution in [2.24, 2.45) is 0 Å². The van der Waals surface area contributed by atoms with Crippen molar-refractivity contribution >= 4 is 29.7 Å². The van der Waals surface area contributed by atoms with Crippen molar-refractivity contribution in [2.75, 3.05) is 18.9 Å². The van der Waals surface area contributed by atoms with E-state index in [1.165, 1.54) is 0 Å². The number of nitrogen functional groups attached to an aromatic ring is 1. The summed E-state index contributed by atoms with van der Waals surface area (Å²) >= 11 is 4.24. The molecule has 8 nitrogen and oxygen atoms in total. The molecule has 2 aromatic rings. The molecule has 0 radical (unpaired) electrons. The summed E-state index contributed by atoms with van der Waals surface area (Å²) < 4.78 is 6.87. The van der Waals surface area contributed by atoms with Crippen molar-refractivity contribution in [3.63, 3.8) is 0 Å². The van der Waals surface area contributed by atoms with E-state index in [1.54, 1.807) is 11.5 Å². The molecule has 0 aliphatic carbocycles. The molecule has 0 spiro atoms. The molecule has 2 rings (SSSR count). The second-order valence-corrected chi connectivity index (χ2v) is 4.42. The first kappa shape index (κ1) is 14.0. The normalized spacial score (nSPS) is 13.1. The quantitative estimate of drug-likeness (QED) is 0.538. The highest BCUT2D eigenvalue weighted by molar-refractivity contribution is 7.80. The molecule has 0 bridgehead atoms. The van der Waals surface area contributed by atoms with Gasteiger partial charge in [0.2, 0.25) is 5.95 Å². The van der Waals surface area contributed by atoms with Crippen LogP contribution in [0.25, 0.3) is 11.2 Å². The molecular formula is C10H15N5O3S. The Balaban J connectivity index is 2.25. The van der Waals surface area contributed by atoms with Gasteiger partial charge in [-0.3, -0.25) is 4.57 Å². The Labute approximate surface area is 114 Å². The lowest BCUT2D eigenvalue weighted by molar-refractivity contribution is -0.0183. The Hall–Kier alpha value is -1.42. The molecule has 104 valence electrons. The largest absolute Gasteiger partial charge is 0.394 e. The first-order chi connectivity index (χ1) is 9.02. The van der Waals surface area contributed by atoms with Gasteiger partial charge in [0.05, 0.1) is 18.9 Å². The van der Waals surface area contributed by atoms with Gasteiger partial charge in [-0.2, -0.15) is 4.98 Å². The van der Waals surface area contributed by atoms with E-state index in [9.17, 15) is 5.11 Å². The molecule has 0 amide bonds. The van der Waals surface area contributed by atoms with Gasteiger partial charge in [0.1, 0.15) is 18.4 Å². The molecule has 0 aliphatic rings. The maximum atomic E-state index is 9.19. The van der Waals surface area contributed by atoms with E-state index >= 15 is 0 Å². The number of aromatic nitrogens is 4. The number of imidazole rings is 1. The van der Waals surface area contributed by atoms with Gasteiger partial charge in [0.25, 0.3) is 0 Å². The monoisotopic (exact) mass is 285 g/mol. The van der Waals surface area contributed by atoms with Crippen molar-refractivity contribution < 1.29 is 14.9 Å². The summed E-state index contributed by atoms with van der Waals surface area (Å²) in [6.07, 6.45) is -0.917. The standard InChI is InChI=1S/C10H15N5O3S/c1-5-7-8(14-9(11)12-5)15(10(19)13-7)4-18-3-6(17)2-16/h6,16-17H,2-4H2,1H3,(H,13,19)(H2,11,12,14). The molecule has 0 fully saturated rings. The van der Waals surface area contributed by atoms with Crippen LogP contribution in [0.3, 0.4) is 0 Å². The zero-order chi connectivity index (χ0) is 14.0. The summed E-state index contributed by atoms with van der Waals surface area (Å²) in [5.74, 6) is 0.148. The zero-order valence-electron chi connectivity index (χ0n) is 10.3. The van der Waals surface area contributed by atoms with E-state index in [1.807, 2.05) is 0 Å². The van der Waals surface area contributed by atoms with E-state index in [0.717, 1.165) is 0 Å². The van der Waals surface area contributed by atoms with Gasteiger partial charge < -0.3 is 20.7 Å². The average molecular weight is 285 g/mol. The summed E-state index contributed by atoms with van der Waals surface area (Å²) in [5, 5.41) is 18.3. The number of fused-ring (bicyclic) bond motifs is 1. The first-order valence-corrected chi connectivity index (χ1v) is 6.03. The number of aryl methyl sites for hydroxylation is 1. The molecule has 19 heavy (non-hydrogen) atoms. The summed E-state index contributed by atoms with van der Waals surface area (Å²) in [6, 6.07) is 0. The summed E-state index contributed by atoms with van der Waals surface area (Å²) in [4.78, 5) is 12.3. The minimum atomic E-state index is -0.917. The Morgan fingerprint density at radius 3 is 2.84 bits per heavy atom. The van der Waals surface area contributed by atoms with Crippen molar-refractivity contribution in [1.82, 2.24) is 19.5 Å². The maximum absolute atomic E-state index is 9.19. The molecule has 2 aromatic heterocycles.